The second-order valence-electron chi connectivity index (χ2n) is 3.92. The van der Waals surface area contributed by atoms with E-state index in [1.807, 2.05) is 0 Å². The number of hydrogen-bond donors (Lipinski definition) is 1. The minimum absolute atomic E-state index is 0.0255. The van der Waals surface area contributed by atoms with Gasteiger partial charge in [0.15, 0.2) is 0 Å². The van der Waals surface area contributed by atoms with Gasteiger partial charge in [0.25, 0.3) is 0 Å². The number of fused-ring (bicyclic) bond motifs is 1. The first-order valence-electron chi connectivity index (χ1n) is 4.91. The molecular formula is C10H16N2O. The summed E-state index contributed by atoms with van der Waals surface area (Å²) in [7, 11) is 0. The van der Waals surface area contributed by atoms with Crippen LogP contribution in [-0.4, -0.2) is 36.5 Å². The lowest BCUT2D eigenvalue weighted by Gasteiger charge is -2.16. The highest BCUT2D eigenvalue weighted by Crippen LogP contribution is 2.45. The fourth-order valence-corrected chi connectivity index (χ4v) is 2.31. The number of rotatable bonds is 3. The Morgan fingerprint density at radius 1 is 1.62 bits per heavy atom. The van der Waals surface area contributed by atoms with E-state index >= 15 is 0 Å². The van der Waals surface area contributed by atoms with E-state index in [2.05, 4.69) is 23.7 Å². The molecule has 0 aromatic rings. The van der Waals surface area contributed by atoms with Gasteiger partial charge in [-0.2, -0.15) is 0 Å². The number of nitrogens with one attached hydrogen (secondary N) is 1. The third-order valence-electron chi connectivity index (χ3n) is 3.21. The molecular weight excluding hydrogens is 164 g/mol. The Morgan fingerprint density at radius 2 is 2.23 bits per heavy atom. The summed E-state index contributed by atoms with van der Waals surface area (Å²) in [5, 5.41) is 2.97. The van der Waals surface area contributed by atoms with Crippen molar-refractivity contribution in [2.24, 2.45) is 11.8 Å². The molecule has 72 valence electrons. The van der Waals surface area contributed by atoms with E-state index in [9.17, 15) is 4.79 Å². The highest BCUT2D eigenvalue weighted by Gasteiger charge is 2.55. The molecule has 0 radical (unpaired) electrons. The molecule has 1 saturated carbocycles. The Morgan fingerprint density at radius 3 is 2.69 bits per heavy atom. The molecule has 1 N–H and O–H groups in total. The van der Waals surface area contributed by atoms with Crippen LogP contribution >= 0.6 is 0 Å². The lowest BCUT2D eigenvalue weighted by molar-refractivity contribution is -0.116. The van der Waals surface area contributed by atoms with Crippen molar-refractivity contribution in [3.8, 4) is 0 Å². The first-order valence-corrected chi connectivity index (χ1v) is 4.91. The third kappa shape index (κ3) is 1.48. The summed E-state index contributed by atoms with van der Waals surface area (Å²) in [5.74, 6) is 1.40. The van der Waals surface area contributed by atoms with Crippen LogP contribution in [0.1, 0.15) is 6.92 Å². The molecule has 2 fully saturated rings. The molecule has 1 aliphatic heterocycles. The van der Waals surface area contributed by atoms with Gasteiger partial charge < -0.3 is 10.2 Å². The summed E-state index contributed by atoms with van der Waals surface area (Å²) in [6.45, 7) is 9.07. The van der Waals surface area contributed by atoms with Gasteiger partial charge in [0.2, 0.25) is 5.91 Å². The minimum atomic E-state index is -0.0255. The van der Waals surface area contributed by atoms with Gasteiger partial charge in [0.1, 0.15) is 0 Å². The van der Waals surface area contributed by atoms with Crippen LogP contribution < -0.4 is 5.32 Å². The molecule has 2 aliphatic rings. The summed E-state index contributed by atoms with van der Waals surface area (Å²) in [5.41, 5.74) is 0. The summed E-state index contributed by atoms with van der Waals surface area (Å²) in [6.07, 6.45) is 1.35. The van der Waals surface area contributed by atoms with Crippen LogP contribution in [0.4, 0.5) is 0 Å². The molecule has 1 saturated heterocycles. The molecule has 1 amide bonds. The maximum absolute atomic E-state index is 11.0. The molecule has 0 spiro atoms. The van der Waals surface area contributed by atoms with Crippen LogP contribution in [-0.2, 0) is 4.79 Å². The lowest BCUT2D eigenvalue weighted by atomic mass is 10.3. The van der Waals surface area contributed by atoms with Crippen molar-refractivity contribution in [3.63, 3.8) is 0 Å². The van der Waals surface area contributed by atoms with Crippen molar-refractivity contribution in [2.45, 2.75) is 13.0 Å². The van der Waals surface area contributed by atoms with Crippen molar-refractivity contribution in [1.29, 1.82) is 0 Å². The highest BCUT2D eigenvalue weighted by atomic mass is 16.1. The zero-order valence-corrected chi connectivity index (χ0v) is 7.99. The Balaban J connectivity index is 1.79. The van der Waals surface area contributed by atoms with Crippen LogP contribution in [0.25, 0.3) is 0 Å². The fourth-order valence-electron chi connectivity index (χ4n) is 2.31. The molecule has 0 bridgehead atoms. The standard InChI is InChI=1S/C10H16N2O/c1-3-9(13)11-10-7-5-12(4-2)6-8(7)10/h3,7-8,10H,1,4-6H2,2H3,(H,11,13). The maximum Gasteiger partial charge on any atom is 0.243 e. The first-order chi connectivity index (χ1) is 6.26. The van der Waals surface area contributed by atoms with Gasteiger partial charge in [-0.25, -0.2) is 0 Å². The van der Waals surface area contributed by atoms with Crippen molar-refractivity contribution >= 4 is 5.91 Å². The largest absolute Gasteiger partial charge is 0.349 e. The topological polar surface area (TPSA) is 32.3 Å². The van der Waals surface area contributed by atoms with Crippen LogP contribution in [0.3, 0.4) is 0 Å². The van der Waals surface area contributed by atoms with Gasteiger partial charge in [-0.1, -0.05) is 13.5 Å². The predicted octanol–water partition coefficient (Wildman–Crippen LogP) is 0.239. The third-order valence-corrected chi connectivity index (χ3v) is 3.21. The molecule has 1 aliphatic carbocycles. The predicted molar refractivity (Wildman–Crippen MR) is 51.2 cm³/mol. The van der Waals surface area contributed by atoms with Crippen LogP contribution in [0.5, 0.6) is 0 Å². The number of hydrogen-bond acceptors (Lipinski definition) is 2. The van der Waals surface area contributed by atoms with Crippen LogP contribution in [0.15, 0.2) is 12.7 Å². The Bertz CT molecular complexity index is 227. The van der Waals surface area contributed by atoms with Crippen molar-refractivity contribution < 1.29 is 4.79 Å². The van der Waals surface area contributed by atoms with E-state index < -0.39 is 0 Å². The van der Waals surface area contributed by atoms with E-state index in [0.717, 1.165) is 19.6 Å². The average Bonchev–Trinajstić information content (AvgIpc) is 2.64. The highest BCUT2D eigenvalue weighted by molar-refractivity contribution is 5.87. The first kappa shape index (κ1) is 8.75. The van der Waals surface area contributed by atoms with Gasteiger partial charge in [-0.3, -0.25) is 4.79 Å². The van der Waals surface area contributed by atoms with Crippen molar-refractivity contribution in [2.75, 3.05) is 19.6 Å². The normalized spacial score (nSPS) is 36.8. The Hall–Kier alpha value is -0.830. The smallest absolute Gasteiger partial charge is 0.243 e. The second-order valence-corrected chi connectivity index (χ2v) is 3.92. The van der Waals surface area contributed by atoms with Crippen molar-refractivity contribution in [3.05, 3.63) is 12.7 Å². The van der Waals surface area contributed by atoms with Gasteiger partial charge >= 0.3 is 0 Å². The SMILES string of the molecule is C=CC(=O)NC1C2CN(CC)CC21. The fraction of sp³-hybridized carbons (Fsp3) is 0.700. The number of nitrogens with zero attached hydrogens (tertiary/aromatic N) is 1. The maximum atomic E-state index is 11.0. The molecule has 2 atom stereocenters. The van der Waals surface area contributed by atoms with E-state index in [1.54, 1.807) is 0 Å². The van der Waals surface area contributed by atoms with Gasteiger partial charge in [-0.15, -0.1) is 0 Å². The Labute approximate surface area is 78.8 Å². The van der Waals surface area contributed by atoms with Gasteiger partial charge in [-0.05, 0) is 24.5 Å². The quantitative estimate of drug-likeness (QED) is 0.631. The molecule has 2 unspecified atom stereocenters. The molecule has 0 aromatic heterocycles. The minimum Gasteiger partial charge on any atom is -0.349 e. The number of amides is 1. The van der Waals surface area contributed by atoms with Crippen LogP contribution in [0.2, 0.25) is 0 Å². The van der Waals surface area contributed by atoms with Crippen molar-refractivity contribution in [1.82, 2.24) is 10.2 Å². The van der Waals surface area contributed by atoms with E-state index in [0.29, 0.717) is 17.9 Å². The van der Waals surface area contributed by atoms with E-state index in [-0.39, 0.29) is 5.91 Å². The summed E-state index contributed by atoms with van der Waals surface area (Å²) >= 11 is 0. The molecule has 2 rings (SSSR count). The molecule has 0 aromatic carbocycles. The number of carbonyl (C=O) groups excluding carboxylic acids is 1. The summed E-state index contributed by atoms with van der Waals surface area (Å²) in [6, 6.07) is 0.438. The summed E-state index contributed by atoms with van der Waals surface area (Å²) in [4.78, 5) is 13.4. The number of likely N-dealkylation sites (tertiary alicyclic amines) is 1. The lowest BCUT2D eigenvalue weighted by Crippen LogP contribution is -2.33. The van der Waals surface area contributed by atoms with Gasteiger partial charge in [0.05, 0.1) is 0 Å². The molecule has 3 heteroatoms. The summed E-state index contributed by atoms with van der Waals surface area (Å²) < 4.78 is 0. The van der Waals surface area contributed by atoms with E-state index in [4.69, 9.17) is 0 Å². The molecule has 1 heterocycles. The molecule has 13 heavy (non-hydrogen) atoms. The van der Waals surface area contributed by atoms with Gasteiger partial charge in [0, 0.05) is 19.1 Å². The second kappa shape index (κ2) is 3.14. The number of piperidine rings is 1. The molecule has 3 nitrogen and oxygen atoms in total. The zero-order valence-electron chi connectivity index (χ0n) is 7.99. The van der Waals surface area contributed by atoms with E-state index in [1.165, 1.54) is 6.08 Å². The van der Waals surface area contributed by atoms with Crippen LogP contribution in [0, 0.1) is 11.8 Å². The zero-order chi connectivity index (χ0) is 9.42. The average molecular weight is 180 g/mol. The number of carbonyl (C=O) groups is 1. The Kier molecular flexibility index (Phi) is 2.12. The monoisotopic (exact) mass is 180 g/mol.